The SMILES string of the molecule is COc1ccc(S(=O)(=O)N2CCCC2)cc1CCC(=O)NCC1=CCCCC1. The van der Waals surface area contributed by atoms with Crippen molar-refractivity contribution in [3.63, 3.8) is 0 Å². The predicted octanol–water partition coefficient (Wildman–Crippen LogP) is 3.03. The number of amides is 1. The van der Waals surface area contributed by atoms with E-state index < -0.39 is 10.0 Å². The molecular formula is C21H30N2O4S. The number of hydrogen-bond donors (Lipinski definition) is 1. The van der Waals surface area contributed by atoms with Crippen LogP contribution in [0.5, 0.6) is 5.75 Å². The highest BCUT2D eigenvalue weighted by molar-refractivity contribution is 7.89. The summed E-state index contributed by atoms with van der Waals surface area (Å²) in [5, 5.41) is 2.98. The predicted molar refractivity (Wildman–Crippen MR) is 109 cm³/mol. The Morgan fingerprint density at radius 3 is 2.64 bits per heavy atom. The molecule has 3 rings (SSSR count). The molecule has 0 spiro atoms. The molecule has 0 atom stereocenters. The van der Waals surface area contributed by atoms with Crippen molar-refractivity contribution in [2.24, 2.45) is 0 Å². The minimum Gasteiger partial charge on any atom is -0.496 e. The summed E-state index contributed by atoms with van der Waals surface area (Å²) in [6.07, 6.45) is 9.35. The molecule has 154 valence electrons. The molecule has 0 bridgehead atoms. The van der Waals surface area contributed by atoms with Crippen LogP contribution in [0.1, 0.15) is 50.5 Å². The third kappa shape index (κ3) is 5.14. The molecule has 1 aromatic carbocycles. The van der Waals surface area contributed by atoms with Crippen molar-refractivity contribution >= 4 is 15.9 Å². The first kappa shape index (κ1) is 20.9. The van der Waals surface area contributed by atoms with Crippen molar-refractivity contribution in [1.82, 2.24) is 9.62 Å². The first-order chi connectivity index (χ1) is 13.5. The Bertz CT molecular complexity index is 827. The highest BCUT2D eigenvalue weighted by atomic mass is 32.2. The second-order valence-electron chi connectivity index (χ2n) is 7.47. The summed E-state index contributed by atoms with van der Waals surface area (Å²) in [7, 11) is -1.92. The standard InChI is InChI=1S/C21H30N2O4S/c1-27-20-11-10-19(28(25,26)23-13-5-6-14-23)15-18(20)9-12-21(24)22-16-17-7-3-2-4-8-17/h7,10-11,15H,2-6,8-9,12-14,16H2,1H3,(H,22,24). The van der Waals surface area contributed by atoms with E-state index >= 15 is 0 Å². The zero-order valence-electron chi connectivity index (χ0n) is 16.6. The van der Waals surface area contributed by atoms with Gasteiger partial charge in [-0.3, -0.25) is 4.79 Å². The average Bonchev–Trinajstić information content (AvgIpc) is 3.27. The molecular weight excluding hydrogens is 376 g/mol. The molecule has 6 nitrogen and oxygen atoms in total. The maximum absolute atomic E-state index is 12.8. The van der Waals surface area contributed by atoms with Crippen LogP contribution in [0.4, 0.5) is 0 Å². The van der Waals surface area contributed by atoms with E-state index in [9.17, 15) is 13.2 Å². The van der Waals surface area contributed by atoms with Gasteiger partial charge in [0, 0.05) is 26.1 Å². The summed E-state index contributed by atoms with van der Waals surface area (Å²) < 4.78 is 32.5. The lowest BCUT2D eigenvalue weighted by atomic mass is 9.99. The smallest absolute Gasteiger partial charge is 0.243 e. The monoisotopic (exact) mass is 406 g/mol. The van der Waals surface area contributed by atoms with Crippen LogP contribution in [-0.4, -0.2) is 45.4 Å². The number of nitrogens with one attached hydrogen (secondary N) is 1. The van der Waals surface area contributed by atoms with E-state index in [-0.39, 0.29) is 10.8 Å². The average molecular weight is 407 g/mol. The van der Waals surface area contributed by atoms with E-state index in [0.717, 1.165) is 31.2 Å². The van der Waals surface area contributed by atoms with E-state index in [4.69, 9.17) is 4.74 Å². The number of aryl methyl sites for hydroxylation is 1. The normalized spacial score (nSPS) is 18.0. The number of nitrogens with zero attached hydrogens (tertiary/aromatic N) is 1. The van der Waals surface area contributed by atoms with Crippen LogP contribution in [0.15, 0.2) is 34.7 Å². The van der Waals surface area contributed by atoms with Gasteiger partial charge in [0.1, 0.15) is 5.75 Å². The minimum absolute atomic E-state index is 0.0265. The topological polar surface area (TPSA) is 75.7 Å². The molecule has 0 aromatic heterocycles. The van der Waals surface area contributed by atoms with Crippen LogP contribution in [0, 0.1) is 0 Å². The van der Waals surface area contributed by atoms with E-state index in [1.165, 1.54) is 22.7 Å². The summed E-state index contributed by atoms with van der Waals surface area (Å²) in [6.45, 7) is 1.75. The van der Waals surface area contributed by atoms with Gasteiger partial charge in [-0.15, -0.1) is 0 Å². The highest BCUT2D eigenvalue weighted by Gasteiger charge is 2.27. The Kier molecular flexibility index (Phi) is 7.13. The van der Waals surface area contributed by atoms with Crippen molar-refractivity contribution in [3.05, 3.63) is 35.4 Å². The first-order valence-corrected chi connectivity index (χ1v) is 11.6. The molecule has 0 unspecified atom stereocenters. The summed E-state index contributed by atoms with van der Waals surface area (Å²) >= 11 is 0. The van der Waals surface area contributed by atoms with Crippen molar-refractivity contribution in [3.8, 4) is 5.75 Å². The van der Waals surface area contributed by atoms with Gasteiger partial charge < -0.3 is 10.1 Å². The largest absolute Gasteiger partial charge is 0.496 e. The maximum atomic E-state index is 12.8. The number of benzene rings is 1. The number of rotatable bonds is 8. The van der Waals surface area contributed by atoms with Crippen molar-refractivity contribution in [1.29, 1.82) is 0 Å². The molecule has 28 heavy (non-hydrogen) atoms. The lowest BCUT2D eigenvalue weighted by Crippen LogP contribution is -2.28. The van der Waals surface area contributed by atoms with Gasteiger partial charge in [-0.25, -0.2) is 8.42 Å². The van der Waals surface area contributed by atoms with Gasteiger partial charge in [0.25, 0.3) is 0 Å². The molecule has 2 aliphatic rings. The fraction of sp³-hybridized carbons (Fsp3) is 0.571. The second kappa shape index (κ2) is 9.56. The second-order valence-corrected chi connectivity index (χ2v) is 9.41. The molecule has 1 heterocycles. The number of methoxy groups -OCH3 is 1. The lowest BCUT2D eigenvalue weighted by molar-refractivity contribution is -0.120. The van der Waals surface area contributed by atoms with E-state index in [1.807, 2.05) is 0 Å². The Morgan fingerprint density at radius 1 is 1.18 bits per heavy atom. The fourth-order valence-electron chi connectivity index (χ4n) is 3.80. The van der Waals surface area contributed by atoms with Gasteiger partial charge in [-0.05, 0) is 68.7 Å². The Balaban J connectivity index is 1.63. The summed E-state index contributed by atoms with van der Waals surface area (Å²) in [4.78, 5) is 12.5. The molecule has 0 radical (unpaired) electrons. The summed E-state index contributed by atoms with van der Waals surface area (Å²) in [6, 6.07) is 4.93. The Labute approximate surface area is 168 Å². The van der Waals surface area contributed by atoms with Gasteiger partial charge in [-0.2, -0.15) is 4.31 Å². The van der Waals surface area contributed by atoms with E-state index in [1.54, 1.807) is 25.3 Å². The molecule has 1 aliphatic carbocycles. The molecule has 0 saturated carbocycles. The number of allylic oxidation sites excluding steroid dienone is 1. The Morgan fingerprint density at radius 2 is 1.96 bits per heavy atom. The first-order valence-electron chi connectivity index (χ1n) is 10.1. The lowest BCUT2D eigenvalue weighted by Gasteiger charge is -2.17. The fourth-order valence-corrected chi connectivity index (χ4v) is 5.37. The van der Waals surface area contributed by atoms with Gasteiger partial charge in [-0.1, -0.05) is 11.6 Å². The number of sulfonamides is 1. The molecule has 1 amide bonds. The van der Waals surface area contributed by atoms with Crippen LogP contribution in [-0.2, 0) is 21.2 Å². The number of hydrogen-bond acceptors (Lipinski definition) is 4. The van der Waals surface area contributed by atoms with E-state index in [0.29, 0.717) is 38.2 Å². The van der Waals surface area contributed by atoms with Crippen LogP contribution in [0.25, 0.3) is 0 Å². The molecule has 7 heteroatoms. The van der Waals surface area contributed by atoms with Gasteiger partial charge in [0.05, 0.1) is 12.0 Å². The van der Waals surface area contributed by atoms with Crippen LogP contribution < -0.4 is 10.1 Å². The van der Waals surface area contributed by atoms with Crippen molar-refractivity contribution in [2.45, 2.75) is 56.3 Å². The zero-order valence-corrected chi connectivity index (χ0v) is 17.4. The third-order valence-electron chi connectivity index (χ3n) is 5.47. The van der Waals surface area contributed by atoms with Crippen molar-refractivity contribution in [2.75, 3.05) is 26.7 Å². The number of carbonyl (C=O) groups excluding carboxylic acids is 1. The quantitative estimate of drug-likeness (QED) is 0.674. The van der Waals surface area contributed by atoms with Gasteiger partial charge >= 0.3 is 0 Å². The minimum atomic E-state index is -3.48. The highest BCUT2D eigenvalue weighted by Crippen LogP contribution is 2.27. The molecule has 1 aromatic rings. The molecule has 1 saturated heterocycles. The summed E-state index contributed by atoms with van der Waals surface area (Å²) in [5.41, 5.74) is 2.05. The van der Waals surface area contributed by atoms with Gasteiger partial charge in [0.15, 0.2) is 0 Å². The summed E-state index contributed by atoms with van der Waals surface area (Å²) in [5.74, 6) is 0.587. The molecule has 1 N–H and O–H groups in total. The molecule has 1 fully saturated rings. The van der Waals surface area contributed by atoms with Crippen molar-refractivity contribution < 1.29 is 17.9 Å². The molecule has 1 aliphatic heterocycles. The Hall–Kier alpha value is -1.86. The van der Waals surface area contributed by atoms with E-state index in [2.05, 4.69) is 11.4 Å². The number of carbonyl (C=O) groups is 1. The zero-order chi connectivity index (χ0) is 20.0. The third-order valence-corrected chi connectivity index (χ3v) is 7.37. The van der Waals surface area contributed by atoms with Gasteiger partial charge in [0.2, 0.25) is 15.9 Å². The number of ether oxygens (including phenoxy) is 1. The van der Waals surface area contributed by atoms with Crippen LogP contribution in [0.3, 0.4) is 0 Å². The van der Waals surface area contributed by atoms with Crippen LogP contribution >= 0.6 is 0 Å². The maximum Gasteiger partial charge on any atom is 0.243 e. The van der Waals surface area contributed by atoms with Crippen LogP contribution in [0.2, 0.25) is 0 Å².